The maximum Gasteiger partial charge on any atom is 0.312 e. The summed E-state index contributed by atoms with van der Waals surface area (Å²) in [6, 6.07) is -0.481. The minimum absolute atomic E-state index is 0.0159. The van der Waals surface area contributed by atoms with Gasteiger partial charge in [0.15, 0.2) is 0 Å². The van der Waals surface area contributed by atoms with Gasteiger partial charge in [-0.15, -0.1) is 0 Å². The Morgan fingerprint density at radius 1 is 0.962 bits per heavy atom. The van der Waals surface area contributed by atoms with Crippen LogP contribution in [0.25, 0.3) is 0 Å². The van der Waals surface area contributed by atoms with Gasteiger partial charge in [0.1, 0.15) is 6.04 Å². The van der Waals surface area contributed by atoms with Crippen molar-refractivity contribution in [1.82, 2.24) is 20.0 Å². The molecule has 0 saturated carbocycles. The molecule has 2 saturated heterocycles. The third-order valence-corrected chi connectivity index (χ3v) is 4.90. The van der Waals surface area contributed by atoms with E-state index in [0.717, 1.165) is 12.8 Å². The van der Waals surface area contributed by atoms with Gasteiger partial charge in [0, 0.05) is 45.2 Å². The van der Waals surface area contributed by atoms with Crippen LogP contribution < -0.4 is 5.32 Å². The smallest absolute Gasteiger partial charge is 0.312 e. The molecule has 4 amide bonds. The summed E-state index contributed by atoms with van der Waals surface area (Å²) in [5, 5.41) is 2.60. The Bertz CT molecular complexity index is 555. The maximum absolute atomic E-state index is 12.9. The van der Waals surface area contributed by atoms with Crippen LogP contribution in [0.1, 0.15) is 46.5 Å². The normalized spacial score (nSPS) is 20.9. The van der Waals surface area contributed by atoms with E-state index in [-0.39, 0.29) is 23.9 Å². The monoisotopic (exact) mass is 366 g/mol. The molecule has 1 unspecified atom stereocenters. The Balaban J connectivity index is 1.92. The van der Waals surface area contributed by atoms with E-state index < -0.39 is 11.8 Å². The van der Waals surface area contributed by atoms with E-state index >= 15 is 0 Å². The van der Waals surface area contributed by atoms with Gasteiger partial charge in [0.05, 0.1) is 0 Å². The van der Waals surface area contributed by atoms with Crippen LogP contribution in [-0.4, -0.2) is 83.1 Å². The number of nitrogens with one attached hydrogen (secondary N) is 1. The number of nitrogens with zero attached hydrogens (tertiary/aromatic N) is 3. The quantitative estimate of drug-likeness (QED) is 0.711. The zero-order chi connectivity index (χ0) is 19.3. The van der Waals surface area contributed by atoms with Gasteiger partial charge < -0.3 is 20.0 Å². The molecule has 2 aliphatic heterocycles. The molecule has 0 bridgehead atoms. The van der Waals surface area contributed by atoms with Gasteiger partial charge in [-0.05, 0) is 33.1 Å². The Hall–Kier alpha value is -2.12. The summed E-state index contributed by atoms with van der Waals surface area (Å²) in [5.41, 5.74) is 0. The minimum Gasteiger partial charge on any atom is -0.346 e. The first-order chi connectivity index (χ1) is 12.3. The van der Waals surface area contributed by atoms with Crippen molar-refractivity contribution in [3.05, 3.63) is 0 Å². The van der Waals surface area contributed by atoms with Crippen LogP contribution in [0.2, 0.25) is 0 Å². The lowest BCUT2D eigenvalue weighted by atomic mass is 10.00. The molecule has 1 N–H and O–H groups in total. The predicted octanol–water partition coefficient (Wildman–Crippen LogP) is -0.0271. The van der Waals surface area contributed by atoms with Crippen LogP contribution in [0.3, 0.4) is 0 Å². The van der Waals surface area contributed by atoms with Crippen molar-refractivity contribution in [3.8, 4) is 0 Å². The van der Waals surface area contributed by atoms with Gasteiger partial charge in [0.25, 0.3) is 0 Å². The van der Waals surface area contributed by atoms with Crippen molar-refractivity contribution >= 4 is 23.6 Å². The van der Waals surface area contributed by atoms with Gasteiger partial charge in [-0.3, -0.25) is 19.2 Å². The van der Waals surface area contributed by atoms with E-state index in [2.05, 4.69) is 5.32 Å². The van der Waals surface area contributed by atoms with Crippen molar-refractivity contribution in [2.75, 3.05) is 32.7 Å². The first-order valence-corrected chi connectivity index (χ1v) is 9.53. The van der Waals surface area contributed by atoms with Crippen molar-refractivity contribution < 1.29 is 19.2 Å². The molecule has 146 valence electrons. The first-order valence-electron chi connectivity index (χ1n) is 9.53. The minimum atomic E-state index is -0.605. The summed E-state index contributed by atoms with van der Waals surface area (Å²) >= 11 is 0. The third-order valence-electron chi connectivity index (χ3n) is 4.90. The molecule has 0 aliphatic carbocycles. The SMILES string of the molecule is CCC(=O)N1CCCCC1C(=O)N1CCN(C(=O)C(=O)NC(C)C)CC1. The van der Waals surface area contributed by atoms with Crippen LogP contribution >= 0.6 is 0 Å². The van der Waals surface area contributed by atoms with Crippen LogP contribution in [0, 0.1) is 0 Å². The highest BCUT2D eigenvalue weighted by atomic mass is 16.2. The molecule has 26 heavy (non-hydrogen) atoms. The number of piperazine rings is 1. The maximum atomic E-state index is 12.9. The number of carbonyl (C=O) groups is 4. The third kappa shape index (κ3) is 4.74. The highest BCUT2D eigenvalue weighted by molar-refractivity contribution is 6.35. The van der Waals surface area contributed by atoms with E-state index in [1.165, 1.54) is 4.90 Å². The average Bonchev–Trinajstić information content (AvgIpc) is 2.65. The highest BCUT2D eigenvalue weighted by Crippen LogP contribution is 2.20. The number of rotatable bonds is 3. The fraction of sp³-hybridized carbons (Fsp3) is 0.778. The molecular formula is C18H30N4O4. The van der Waals surface area contributed by atoms with Crippen molar-refractivity contribution in [1.29, 1.82) is 0 Å². The van der Waals surface area contributed by atoms with Crippen LogP contribution in [0.4, 0.5) is 0 Å². The molecule has 0 aromatic rings. The molecule has 8 heteroatoms. The Labute approximate surface area is 154 Å². The number of carbonyl (C=O) groups excluding carboxylic acids is 4. The lowest BCUT2D eigenvalue weighted by molar-refractivity contribution is -0.152. The summed E-state index contributed by atoms with van der Waals surface area (Å²) in [6.45, 7) is 7.51. The van der Waals surface area contributed by atoms with Crippen LogP contribution in [-0.2, 0) is 19.2 Å². The molecular weight excluding hydrogens is 336 g/mol. The summed E-state index contributed by atoms with van der Waals surface area (Å²) in [4.78, 5) is 53.9. The molecule has 2 fully saturated rings. The molecule has 0 aromatic carbocycles. The van der Waals surface area contributed by atoms with E-state index in [1.807, 2.05) is 6.92 Å². The molecule has 1 atom stereocenters. The van der Waals surface area contributed by atoms with Gasteiger partial charge in [0.2, 0.25) is 11.8 Å². The molecule has 0 radical (unpaired) electrons. The van der Waals surface area contributed by atoms with Gasteiger partial charge >= 0.3 is 11.8 Å². The second-order valence-electron chi connectivity index (χ2n) is 7.20. The molecule has 0 aromatic heterocycles. The zero-order valence-corrected chi connectivity index (χ0v) is 16.0. The number of likely N-dealkylation sites (tertiary alicyclic amines) is 1. The zero-order valence-electron chi connectivity index (χ0n) is 16.0. The van der Waals surface area contributed by atoms with Crippen molar-refractivity contribution in [2.24, 2.45) is 0 Å². The van der Waals surface area contributed by atoms with E-state index in [1.54, 1.807) is 23.6 Å². The largest absolute Gasteiger partial charge is 0.346 e. The summed E-state index contributed by atoms with van der Waals surface area (Å²) < 4.78 is 0. The molecule has 8 nitrogen and oxygen atoms in total. The number of hydrogen-bond donors (Lipinski definition) is 1. The van der Waals surface area contributed by atoms with Crippen molar-refractivity contribution in [2.45, 2.75) is 58.5 Å². The van der Waals surface area contributed by atoms with E-state index in [0.29, 0.717) is 45.6 Å². The topological polar surface area (TPSA) is 90.0 Å². The number of hydrogen-bond acceptors (Lipinski definition) is 4. The van der Waals surface area contributed by atoms with Crippen molar-refractivity contribution in [3.63, 3.8) is 0 Å². The summed E-state index contributed by atoms with van der Waals surface area (Å²) in [7, 11) is 0. The summed E-state index contributed by atoms with van der Waals surface area (Å²) in [5.74, 6) is -1.18. The van der Waals surface area contributed by atoms with Crippen LogP contribution in [0.5, 0.6) is 0 Å². The van der Waals surface area contributed by atoms with Crippen LogP contribution in [0.15, 0.2) is 0 Å². The number of amides is 4. The summed E-state index contributed by atoms with van der Waals surface area (Å²) in [6.07, 6.45) is 2.97. The fourth-order valence-electron chi connectivity index (χ4n) is 3.50. The Morgan fingerprint density at radius 2 is 1.58 bits per heavy atom. The lowest BCUT2D eigenvalue weighted by Crippen LogP contribution is -2.59. The van der Waals surface area contributed by atoms with Gasteiger partial charge in [-0.1, -0.05) is 6.92 Å². The molecule has 2 rings (SSSR count). The molecule has 2 heterocycles. The van der Waals surface area contributed by atoms with Gasteiger partial charge in [-0.2, -0.15) is 0 Å². The predicted molar refractivity (Wildman–Crippen MR) is 96.1 cm³/mol. The fourth-order valence-corrected chi connectivity index (χ4v) is 3.50. The second kappa shape index (κ2) is 9.00. The van der Waals surface area contributed by atoms with E-state index in [9.17, 15) is 19.2 Å². The standard InChI is InChI=1S/C18H30N4O4/c1-4-15(23)22-8-6-5-7-14(22)17(25)20-9-11-21(12-10-20)18(26)16(24)19-13(2)3/h13-14H,4-12H2,1-3H3,(H,19,24). The van der Waals surface area contributed by atoms with E-state index in [4.69, 9.17) is 0 Å². The highest BCUT2D eigenvalue weighted by Gasteiger charge is 2.36. The second-order valence-corrected chi connectivity index (χ2v) is 7.20. The average molecular weight is 366 g/mol. The Kier molecular flexibility index (Phi) is 6.99. The lowest BCUT2D eigenvalue weighted by Gasteiger charge is -2.40. The first kappa shape index (κ1) is 20.2. The van der Waals surface area contributed by atoms with Gasteiger partial charge in [-0.25, -0.2) is 0 Å². The molecule has 2 aliphatic rings. The Morgan fingerprint density at radius 3 is 2.15 bits per heavy atom. The molecule has 0 spiro atoms. The number of piperidine rings is 1.